The SMILES string of the molecule is Fc1cccc(F)c1N1CCNCC1.O=C(O)C(F)(F)F. The maximum absolute atomic E-state index is 13.3. The standard InChI is InChI=1S/C10H12F2N2.C2HF3O2/c11-8-2-1-3-9(12)10(8)14-6-4-13-5-7-14;3-2(4,5)1(6)7/h1-3,13H,4-7H2;(H,6,7). The van der Waals surface area contributed by atoms with E-state index in [4.69, 9.17) is 9.90 Å². The summed E-state index contributed by atoms with van der Waals surface area (Å²) < 4.78 is 58.4. The Hall–Kier alpha value is -1.90. The molecule has 1 saturated heterocycles. The van der Waals surface area contributed by atoms with Crippen molar-refractivity contribution in [2.24, 2.45) is 0 Å². The third-order valence-corrected chi connectivity index (χ3v) is 2.61. The Morgan fingerprint density at radius 3 is 1.95 bits per heavy atom. The minimum Gasteiger partial charge on any atom is -0.475 e. The second-order valence-electron chi connectivity index (χ2n) is 4.11. The zero-order chi connectivity index (χ0) is 16.0. The summed E-state index contributed by atoms with van der Waals surface area (Å²) >= 11 is 0. The van der Waals surface area contributed by atoms with Gasteiger partial charge < -0.3 is 15.3 Å². The zero-order valence-electron chi connectivity index (χ0n) is 10.8. The topological polar surface area (TPSA) is 52.6 Å². The normalized spacial score (nSPS) is 15.2. The van der Waals surface area contributed by atoms with Crippen molar-refractivity contribution in [1.29, 1.82) is 0 Å². The number of halogens is 5. The molecular weight excluding hydrogens is 299 g/mol. The molecule has 2 N–H and O–H groups in total. The molecule has 0 unspecified atom stereocenters. The van der Waals surface area contributed by atoms with Crippen molar-refractivity contribution < 1.29 is 31.9 Å². The van der Waals surface area contributed by atoms with Crippen LogP contribution in [0.2, 0.25) is 0 Å². The summed E-state index contributed by atoms with van der Waals surface area (Å²) in [5, 5.41) is 10.3. The lowest BCUT2D eigenvalue weighted by molar-refractivity contribution is -0.192. The van der Waals surface area contributed by atoms with Crippen molar-refractivity contribution in [1.82, 2.24) is 5.32 Å². The lowest BCUT2D eigenvalue weighted by Crippen LogP contribution is -2.44. The number of alkyl halides is 3. The van der Waals surface area contributed by atoms with Gasteiger partial charge >= 0.3 is 12.1 Å². The highest BCUT2D eigenvalue weighted by molar-refractivity contribution is 5.73. The Bertz CT molecular complexity index is 467. The van der Waals surface area contributed by atoms with Gasteiger partial charge in [0.2, 0.25) is 0 Å². The van der Waals surface area contributed by atoms with E-state index in [1.807, 2.05) is 0 Å². The predicted octanol–water partition coefficient (Wildman–Crippen LogP) is 2.01. The molecule has 0 amide bonds. The highest BCUT2D eigenvalue weighted by atomic mass is 19.4. The fraction of sp³-hybridized carbons (Fsp3) is 0.417. The molecule has 118 valence electrons. The molecule has 1 aliphatic heterocycles. The first-order valence-corrected chi connectivity index (χ1v) is 5.93. The van der Waals surface area contributed by atoms with Crippen LogP contribution in [0, 0.1) is 11.6 Å². The molecular formula is C12H13F5N2O2. The van der Waals surface area contributed by atoms with E-state index in [0.29, 0.717) is 13.1 Å². The van der Waals surface area contributed by atoms with Crippen LogP contribution in [0.5, 0.6) is 0 Å². The summed E-state index contributed by atoms with van der Waals surface area (Å²) in [4.78, 5) is 10.6. The van der Waals surface area contributed by atoms with Gasteiger partial charge in [-0.2, -0.15) is 13.2 Å². The minimum absolute atomic E-state index is 0.106. The van der Waals surface area contributed by atoms with Crippen LogP contribution in [0.4, 0.5) is 27.6 Å². The van der Waals surface area contributed by atoms with Crippen molar-refractivity contribution in [3.8, 4) is 0 Å². The number of anilines is 1. The van der Waals surface area contributed by atoms with Crippen LogP contribution in [0.15, 0.2) is 18.2 Å². The van der Waals surface area contributed by atoms with Gasteiger partial charge in [0.05, 0.1) is 0 Å². The molecule has 0 saturated carbocycles. The summed E-state index contributed by atoms with van der Waals surface area (Å²) in [6.07, 6.45) is -5.08. The first-order valence-electron chi connectivity index (χ1n) is 5.93. The van der Waals surface area contributed by atoms with E-state index in [2.05, 4.69) is 5.32 Å². The number of hydrogen-bond acceptors (Lipinski definition) is 3. The zero-order valence-corrected chi connectivity index (χ0v) is 10.8. The molecule has 0 bridgehead atoms. The van der Waals surface area contributed by atoms with Crippen molar-refractivity contribution >= 4 is 11.7 Å². The predicted molar refractivity (Wildman–Crippen MR) is 65.1 cm³/mol. The molecule has 0 aromatic heterocycles. The van der Waals surface area contributed by atoms with Gasteiger partial charge in [0, 0.05) is 26.2 Å². The third kappa shape index (κ3) is 5.18. The first kappa shape index (κ1) is 17.2. The fourth-order valence-corrected chi connectivity index (χ4v) is 1.68. The number of nitrogens with zero attached hydrogens (tertiary/aromatic N) is 1. The van der Waals surface area contributed by atoms with E-state index in [1.165, 1.54) is 18.2 Å². The minimum atomic E-state index is -5.08. The molecule has 9 heteroatoms. The Kier molecular flexibility index (Phi) is 5.89. The van der Waals surface area contributed by atoms with Gasteiger partial charge in [0.15, 0.2) is 0 Å². The van der Waals surface area contributed by atoms with E-state index < -0.39 is 23.8 Å². The number of nitrogens with one attached hydrogen (secondary N) is 1. The highest BCUT2D eigenvalue weighted by Gasteiger charge is 2.38. The summed E-state index contributed by atoms with van der Waals surface area (Å²) in [5.74, 6) is -3.72. The van der Waals surface area contributed by atoms with Gasteiger partial charge in [0.1, 0.15) is 17.3 Å². The molecule has 4 nitrogen and oxygen atoms in total. The largest absolute Gasteiger partial charge is 0.490 e. The number of carbonyl (C=O) groups is 1. The average molecular weight is 312 g/mol. The molecule has 1 aliphatic rings. The molecule has 2 rings (SSSR count). The monoisotopic (exact) mass is 312 g/mol. The van der Waals surface area contributed by atoms with E-state index >= 15 is 0 Å². The molecule has 1 aromatic rings. The van der Waals surface area contributed by atoms with E-state index in [0.717, 1.165) is 13.1 Å². The molecule has 0 spiro atoms. The molecule has 1 heterocycles. The lowest BCUT2D eigenvalue weighted by atomic mass is 10.2. The highest BCUT2D eigenvalue weighted by Crippen LogP contribution is 2.23. The Balaban J connectivity index is 0.000000270. The summed E-state index contributed by atoms with van der Waals surface area (Å²) in [6.45, 7) is 2.84. The molecule has 0 aliphatic carbocycles. The number of para-hydroxylation sites is 1. The molecule has 1 aromatic carbocycles. The van der Waals surface area contributed by atoms with Crippen LogP contribution in [0.1, 0.15) is 0 Å². The average Bonchev–Trinajstić information content (AvgIpc) is 2.39. The number of carboxylic acid groups (broad SMARTS) is 1. The summed E-state index contributed by atoms with van der Waals surface area (Å²) in [6, 6.07) is 3.97. The second kappa shape index (κ2) is 7.21. The van der Waals surface area contributed by atoms with Crippen LogP contribution in [-0.4, -0.2) is 43.4 Å². The third-order valence-electron chi connectivity index (χ3n) is 2.61. The van der Waals surface area contributed by atoms with Gasteiger partial charge in [-0.15, -0.1) is 0 Å². The maximum Gasteiger partial charge on any atom is 0.490 e. The first-order chi connectivity index (χ1) is 9.73. The number of aliphatic carboxylic acids is 1. The molecule has 1 fully saturated rings. The van der Waals surface area contributed by atoms with Crippen molar-refractivity contribution in [2.45, 2.75) is 6.18 Å². The van der Waals surface area contributed by atoms with Gasteiger partial charge in [-0.25, -0.2) is 13.6 Å². The van der Waals surface area contributed by atoms with Crippen molar-refractivity contribution in [2.75, 3.05) is 31.1 Å². The Morgan fingerprint density at radius 1 is 1.14 bits per heavy atom. The lowest BCUT2D eigenvalue weighted by Gasteiger charge is -2.29. The summed E-state index contributed by atoms with van der Waals surface area (Å²) in [5.41, 5.74) is 0.106. The van der Waals surface area contributed by atoms with Crippen LogP contribution in [0.25, 0.3) is 0 Å². The second-order valence-corrected chi connectivity index (χ2v) is 4.11. The summed E-state index contributed by atoms with van der Waals surface area (Å²) in [7, 11) is 0. The van der Waals surface area contributed by atoms with Crippen LogP contribution < -0.4 is 10.2 Å². The quantitative estimate of drug-likeness (QED) is 0.779. The maximum atomic E-state index is 13.3. The number of piperazine rings is 1. The fourth-order valence-electron chi connectivity index (χ4n) is 1.68. The Morgan fingerprint density at radius 2 is 1.57 bits per heavy atom. The number of hydrogen-bond donors (Lipinski definition) is 2. The van der Waals surface area contributed by atoms with Crippen molar-refractivity contribution in [3.05, 3.63) is 29.8 Å². The van der Waals surface area contributed by atoms with E-state index in [-0.39, 0.29) is 5.69 Å². The molecule has 0 radical (unpaired) electrons. The smallest absolute Gasteiger partial charge is 0.475 e. The van der Waals surface area contributed by atoms with E-state index in [9.17, 15) is 22.0 Å². The molecule has 0 atom stereocenters. The number of rotatable bonds is 1. The van der Waals surface area contributed by atoms with Gasteiger partial charge in [0.25, 0.3) is 0 Å². The van der Waals surface area contributed by atoms with Gasteiger partial charge in [-0.05, 0) is 12.1 Å². The number of carboxylic acids is 1. The van der Waals surface area contributed by atoms with Crippen molar-refractivity contribution in [3.63, 3.8) is 0 Å². The van der Waals surface area contributed by atoms with Crippen LogP contribution in [0.3, 0.4) is 0 Å². The van der Waals surface area contributed by atoms with Gasteiger partial charge in [-0.1, -0.05) is 6.07 Å². The molecule has 21 heavy (non-hydrogen) atoms. The van der Waals surface area contributed by atoms with Gasteiger partial charge in [-0.3, -0.25) is 0 Å². The van der Waals surface area contributed by atoms with E-state index in [1.54, 1.807) is 4.90 Å². The van der Waals surface area contributed by atoms with Crippen LogP contribution >= 0.6 is 0 Å². The van der Waals surface area contributed by atoms with Crippen LogP contribution in [-0.2, 0) is 4.79 Å². The number of benzene rings is 1. The Labute approximate surface area is 117 Å².